The second-order valence-electron chi connectivity index (χ2n) is 1.85. The molecule has 0 fully saturated rings. The minimum atomic E-state index is -1.16. The van der Waals surface area contributed by atoms with Crippen molar-refractivity contribution >= 4 is 17.6 Å². The number of aryl methyl sites for hydroxylation is 1. The highest BCUT2D eigenvalue weighted by Crippen LogP contribution is 2.11. The van der Waals surface area contributed by atoms with Gasteiger partial charge in [-0.1, -0.05) is 16.8 Å². The van der Waals surface area contributed by atoms with E-state index in [-0.39, 0.29) is 10.8 Å². The Kier molecular flexibility index (Phi) is 2.09. The van der Waals surface area contributed by atoms with Crippen LogP contribution >= 0.6 is 11.6 Å². The van der Waals surface area contributed by atoms with Crippen LogP contribution in [0, 0.1) is 0 Å². The molecule has 0 saturated heterocycles. The summed E-state index contributed by atoms with van der Waals surface area (Å²) < 4.78 is 1.31. The molecular weight excluding hydrogens is 170 g/mol. The lowest BCUT2D eigenvalue weighted by atomic mass is 10.5. The van der Waals surface area contributed by atoms with E-state index in [1.165, 1.54) is 4.68 Å². The molecule has 60 valence electrons. The van der Waals surface area contributed by atoms with Crippen LogP contribution in [0.25, 0.3) is 0 Å². The Morgan fingerprint density at radius 3 is 2.73 bits per heavy atom. The number of carboxylic acid groups (broad SMARTS) is 1. The Bertz CT molecular complexity index is 283. The van der Waals surface area contributed by atoms with Crippen LogP contribution in [0.2, 0.25) is 5.15 Å². The van der Waals surface area contributed by atoms with Gasteiger partial charge in [-0.3, -0.25) is 0 Å². The summed E-state index contributed by atoms with van der Waals surface area (Å²) in [6, 6.07) is 0. The Hall–Kier alpha value is -1.10. The Labute approximate surface area is 67.6 Å². The van der Waals surface area contributed by atoms with Gasteiger partial charge in [0, 0.05) is 6.54 Å². The smallest absolute Gasteiger partial charge is 0.359 e. The van der Waals surface area contributed by atoms with Gasteiger partial charge in [0.1, 0.15) is 0 Å². The van der Waals surface area contributed by atoms with Gasteiger partial charge in [-0.05, 0) is 6.92 Å². The zero-order chi connectivity index (χ0) is 8.43. The number of halogens is 1. The Morgan fingerprint density at radius 1 is 1.82 bits per heavy atom. The van der Waals surface area contributed by atoms with Crippen molar-refractivity contribution in [3.63, 3.8) is 0 Å². The summed E-state index contributed by atoms with van der Waals surface area (Å²) in [7, 11) is 0. The van der Waals surface area contributed by atoms with Crippen molar-refractivity contribution in [3.8, 4) is 0 Å². The number of hydrogen-bond acceptors (Lipinski definition) is 3. The lowest BCUT2D eigenvalue weighted by Crippen LogP contribution is -1.99. The minimum absolute atomic E-state index is 0.0694. The third-order valence-electron chi connectivity index (χ3n) is 1.18. The fourth-order valence-corrected chi connectivity index (χ4v) is 0.907. The normalized spacial score (nSPS) is 10.0. The highest BCUT2D eigenvalue weighted by atomic mass is 35.5. The monoisotopic (exact) mass is 175 g/mol. The van der Waals surface area contributed by atoms with E-state index in [0.29, 0.717) is 6.54 Å². The van der Waals surface area contributed by atoms with Crippen LogP contribution < -0.4 is 0 Å². The number of carbonyl (C=O) groups is 1. The van der Waals surface area contributed by atoms with Gasteiger partial charge in [0.25, 0.3) is 0 Å². The molecule has 5 nitrogen and oxygen atoms in total. The lowest BCUT2D eigenvalue weighted by molar-refractivity contribution is 0.0690. The van der Waals surface area contributed by atoms with Crippen LogP contribution in [0.1, 0.15) is 17.4 Å². The lowest BCUT2D eigenvalue weighted by Gasteiger charge is -1.92. The molecular formula is C5H6ClN3O2. The van der Waals surface area contributed by atoms with Crippen LogP contribution in [0.15, 0.2) is 0 Å². The van der Waals surface area contributed by atoms with E-state index in [2.05, 4.69) is 10.3 Å². The molecule has 1 rings (SSSR count). The van der Waals surface area contributed by atoms with Crippen molar-refractivity contribution in [1.29, 1.82) is 0 Å². The minimum Gasteiger partial charge on any atom is -0.476 e. The highest BCUT2D eigenvalue weighted by molar-refractivity contribution is 6.32. The van der Waals surface area contributed by atoms with E-state index in [1.807, 2.05) is 0 Å². The summed E-state index contributed by atoms with van der Waals surface area (Å²) in [4.78, 5) is 10.4. The number of nitrogens with zero attached hydrogens (tertiary/aromatic N) is 3. The van der Waals surface area contributed by atoms with Crippen molar-refractivity contribution in [2.24, 2.45) is 0 Å². The summed E-state index contributed by atoms with van der Waals surface area (Å²) in [5.41, 5.74) is -0.200. The van der Waals surface area contributed by atoms with E-state index < -0.39 is 5.97 Å². The zero-order valence-electron chi connectivity index (χ0n) is 5.78. The second kappa shape index (κ2) is 2.87. The number of aromatic carboxylic acids is 1. The fourth-order valence-electron chi connectivity index (χ4n) is 0.635. The molecule has 0 spiro atoms. The molecule has 0 saturated carbocycles. The molecule has 0 atom stereocenters. The first-order valence-electron chi connectivity index (χ1n) is 2.99. The standard InChI is InChI=1S/C5H6ClN3O2/c1-2-9-4(6)3(5(10)11)7-8-9/h2H2,1H3,(H,10,11). The first-order chi connectivity index (χ1) is 5.16. The third kappa shape index (κ3) is 1.32. The maximum atomic E-state index is 10.4. The summed E-state index contributed by atoms with van der Waals surface area (Å²) in [6.07, 6.45) is 0. The van der Waals surface area contributed by atoms with Crippen LogP contribution in [0.4, 0.5) is 0 Å². The van der Waals surface area contributed by atoms with E-state index in [1.54, 1.807) is 6.92 Å². The zero-order valence-corrected chi connectivity index (χ0v) is 6.54. The maximum Gasteiger partial charge on any atom is 0.359 e. The SMILES string of the molecule is CCn1nnc(C(=O)O)c1Cl. The summed E-state index contributed by atoms with van der Waals surface area (Å²) in [5, 5.41) is 15.4. The molecule has 0 bridgehead atoms. The van der Waals surface area contributed by atoms with E-state index >= 15 is 0 Å². The Morgan fingerprint density at radius 2 is 2.45 bits per heavy atom. The van der Waals surface area contributed by atoms with E-state index in [9.17, 15) is 4.79 Å². The van der Waals surface area contributed by atoms with Gasteiger partial charge in [-0.25, -0.2) is 9.48 Å². The number of carboxylic acids is 1. The molecule has 0 aliphatic carbocycles. The van der Waals surface area contributed by atoms with Crippen molar-refractivity contribution < 1.29 is 9.90 Å². The average molecular weight is 176 g/mol. The number of aromatic nitrogens is 3. The second-order valence-corrected chi connectivity index (χ2v) is 2.21. The molecule has 1 aromatic rings. The van der Waals surface area contributed by atoms with Crippen molar-refractivity contribution in [2.45, 2.75) is 13.5 Å². The maximum absolute atomic E-state index is 10.4. The van der Waals surface area contributed by atoms with Crippen molar-refractivity contribution in [2.75, 3.05) is 0 Å². The molecule has 0 aliphatic rings. The molecule has 1 heterocycles. The molecule has 6 heteroatoms. The van der Waals surface area contributed by atoms with Gasteiger partial charge in [-0.15, -0.1) is 5.10 Å². The number of rotatable bonds is 2. The first-order valence-corrected chi connectivity index (χ1v) is 3.37. The summed E-state index contributed by atoms with van der Waals surface area (Å²) in [5.74, 6) is -1.16. The van der Waals surface area contributed by atoms with Crippen molar-refractivity contribution in [1.82, 2.24) is 15.0 Å². The van der Waals surface area contributed by atoms with Gasteiger partial charge in [0.2, 0.25) is 5.69 Å². The molecule has 11 heavy (non-hydrogen) atoms. The van der Waals surface area contributed by atoms with Crippen molar-refractivity contribution in [3.05, 3.63) is 10.8 Å². The molecule has 1 N–H and O–H groups in total. The van der Waals surface area contributed by atoms with Crippen LogP contribution in [-0.4, -0.2) is 26.1 Å². The first kappa shape index (κ1) is 8.00. The topological polar surface area (TPSA) is 68.0 Å². The van der Waals surface area contributed by atoms with Crippen LogP contribution in [0.3, 0.4) is 0 Å². The largest absolute Gasteiger partial charge is 0.476 e. The predicted octanol–water partition coefficient (Wildman–Crippen LogP) is 0.650. The van der Waals surface area contributed by atoms with E-state index in [0.717, 1.165) is 0 Å². The third-order valence-corrected chi connectivity index (χ3v) is 1.55. The van der Waals surface area contributed by atoms with Crippen LogP contribution in [0.5, 0.6) is 0 Å². The predicted molar refractivity (Wildman–Crippen MR) is 37.7 cm³/mol. The molecule has 0 radical (unpaired) electrons. The average Bonchev–Trinajstić information content (AvgIpc) is 2.30. The van der Waals surface area contributed by atoms with Gasteiger partial charge in [0.05, 0.1) is 0 Å². The van der Waals surface area contributed by atoms with Crippen LogP contribution in [-0.2, 0) is 6.54 Å². The number of hydrogen-bond donors (Lipinski definition) is 1. The molecule has 1 aromatic heterocycles. The summed E-state index contributed by atoms with van der Waals surface area (Å²) in [6.45, 7) is 2.31. The molecule has 0 unspecified atom stereocenters. The Balaban J connectivity index is 3.10. The van der Waals surface area contributed by atoms with E-state index in [4.69, 9.17) is 16.7 Å². The fraction of sp³-hybridized carbons (Fsp3) is 0.400. The van der Waals surface area contributed by atoms with Gasteiger partial charge in [-0.2, -0.15) is 0 Å². The quantitative estimate of drug-likeness (QED) is 0.717. The van der Waals surface area contributed by atoms with Gasteiger partial charge >= 0.3 is 5.97 Å². The van der Waals surface area contributed by atoms with Gasteiger partial charge in [0.15, 0.2) is 5.15 Å². The van der Waals surface area contributed by atoms with Gasteiger partial charge < -0.3 is 5.11 Å². The molecule has 0 aliphatic heterocycles. The molecule has 0 aromatic carbocycles. The highest BCUT2D eigenvalue weighted by Gasteiger charge is 2.15. The molecule has 0 amide bonds. The summed E-state index contributed by atoms with van der Waals surface area (Å²) >= 11 is 5.58.